The van der Waals surface area contributed by atoms with Crippen LogP contribution in [0, 0.1) is 0 Å². The Hall–Kier alpha value is -1.97. The molecule has 0 radical (unpaired) electrons. The summed E-state index contributed by atoms with van der Waals surface area (Å²) in [7, 11) is -5.80. The van der Waals surface area contributed by atoms with Crippen LogP contribution in [0.2, 0.25) is 0 Å². The van der Waals surface area contributed by atoms with Gasteiger partial charge in [0.2, 0.25) is 0 Å². The number of esters is 1. The summed E-state index contributed by atoms with van der Waals surface area (Å²) in [6, 6.07) is 3.44. The molecule has 0 spiro atoms. The molecule has 0 aliphatic heterocycles. The largest absolute Gasteiger partial charge is 0.534 e. The number of halogens is 3. The van der Waals surface area contributed by atoms with Gasteiger partial charge < -0.3 is 13.7 Å². The second kappa shape index (κ2) is 7.53. The summed E-state index contributed by atoms with van der Waals surface area (Å²) in [5.41, 5.74) is -5.33. The predicted octanol–water partition coefficient (Wildman–Crippen LogP) is 2.77. The normalized spacial score (nSPS) is 11.9. The lowest BCUT2D eigenvalue weighted by atomic mass is 10.2. The second-order valence-corrected chi connectivity index (χ2v) is 5.96. The lowest BCUT2D eigenvalue weighted by Gasteiger charge is -2.13. The number of alkyl halides is 3. The van der Waals surface area contributed by atoms with E-state index in [-0.39, 0.29) is 24.5 Å². The van der Waals surface area contributed by atoms with Crippen molar-refractivity contribution >= 4 is 16.1 Å². The molecular formula is C13H15F3O6S. The lowest BCUT2D eigenvalue weighted by Crippen LogP contribution is -2.28. The number of hydrogen-bond donors (Lipinski definition) is 0. The highest BCUT2D eigenvalue weighted by Crippen LogP contribution is 2.30. The van der Waals surface area contributed by atoms with Crippen LogP contribution < -0.4 is 8.92 Å². The van der Waals surface area contributed by atoms with E-state index in [1.165, 1.54) is 6.07 Å². The van der Waals surface area contributed by atoms with Crippen LogP contribution in [-0.4, -0.2) is 26.5 Å². The number of benzene rings is 1. The van der Waals surface area contributed by atoms with Gasteiger partial charge in [0, 0.05) is 13.0 Å². The summed E-state index contributed by atoms with van der Waals surface area (Å²) in [5, 5.41) is 0. The van der Waals surface area contributed by atoms with Crippen molar-refractivity contribution in [3.63, 3.8) is 0 Å². The molecule has 0 amide bonds. The first kappa shape index (κ1) is 19.1. The van der Waals surface area contributed by atoms with E-state index in [1.54, 1.807) is 0 Å². The second-order valence-electron chi connectivity index (χ2n) is 4.42. The van der Waals surface area contributed by atoms with Gasteiger partial charge in [-0.3, -0.25) is 4.79 Å². The van der Waals surface area contributed by atoms with E-state index in [9.17, 15) is 26.4 Å². The van der Waals surface area contributed by atoms with E-state index in [2.05, 4.69) is 4.18 Å². The van der Waals surface area contributed by atoms with E-state index in [0.29, 0.717) is 6.42 Å². The summed E-state index contributed by atoms with van der Waals surface area (Å²) >= 11 is 0. The van der Waals surface area contributed by atoms with Crippen molar-refractivity contribution in [1.82, 2.24) is 0 Å². The average molecular weight is 356 g/mol. The molecule has 1 aromatic rings. The van der Waals surface area contributed by atoms with Gasteiger partial charge in [-0.25, -0.2) is 0 Å². The first-order chi connectivity index (χ1) is 10.5. The monoisotopic (exact) mass is 356 g/mol. The van der Waals surface area contributed by atoms with Crippen molar-refractivity contribution in [3.8, 4) is 11.5 Å². The van der Waals surface area contributed by atoms with Gasteiger partial charge in [0.25, 0.3) is 0 Å². The fourth-order valence-electron chi connectivity index (χ4n) is 1.42. The Bertz CT molecular complexity index is 654. The lowest BCUT2D eigenvalue weighted by molar-refractivity contribution is -0.142. The highest BCUT2D eigenvalue weighted by Gasteiger charge is 2.48. The van der Waals surface area contributed by atoms with Crippen LogP contribution in [-0.2, 0) is 26.3 Å². The zero-order valence-electron chi connectivity index (χ0n) is 12.3. The molecule has 0 saturated carbocycles. The Labute approximate surface area is 131 Å². The van der Waals surface area contributed by atoms with Crippen molar-refractivity contribution in [3.05, 3.63) is 23.8 Å². The molecule has 0 unspecified atom stereocenters. The summed E-state index contributed by atoms with van der Waals surface area (Å²) in [6.45, 7) is 2.97. The van der Waals surface area contributed by atoms with E-state index in [4.69, 9.17) is 9.47 Å². The predicted molar refractivity (Wildman–Crippen MR) is 73.3 cm³/mol. The van der Waals surface area contributed by atoms with E-state index < -0.39 is 27.3 Å². The molecule has 1 aromatic carbocycles. The molecule has 6 nitrogen and oxygen atoms in total. The van der Waals surface area contributed by atoms with Gasteiger partial charge in [0.05, 0.1) is 6.61 Å². The van der Waals surface area contributed by atoms with Crippen molar-refractivity contribution in [2.75, 3.05) is 6.61 Å². The molecule has 23 heavy (non-hydrogen) atoms. The fourth-order valence-corrected chi connectivity index (χ4v) is 1.87. The quantitative estimate of drug-likeness (QED) is 0.425. The minimum atomic E-state index is -5.80. The standard InChI is InChI=1S/C13H15F3O6S/c1-3-4-20-11-5-10(8-21-9(2)17)6-12(7-11)22-23(18,19)13(14,15)16/h5-7H,3-4,8H2,1-2H3. The highest BCUT2D eigenvalue weighted by molar-refractivity contribution is 7.88. The van der Waals surface area contributed by atoms with E-state index >= 15 is 0 Å². The number of ether oxygens (including phenoxy) is 2. The summed E-state index contributed by atoms with van der Waals surface area (Å²) in [4.78, 5) is 10.8. The molecule has 130 valence electrons. The third-order valence-electron chi connectivity index (χ3n) is 2.34. The van der Waals surface area contributed by atoms with Gasteiger partial charge in [-0.05, 0) is 24.1 Å². The van der Waals surface area contributed by atoms with Crippen LogP contribution in [0.3, 0.4) is 0 Å². The molecule has 0 bridgehead atoms. The Morgan fingerprint density at radius 1 is 1.17 bits per heavy atom. The Kier molecular flexibility index (Phi) is 6.25. The zero-order valence-corrected chi connectivity index (χ0v) is 13.2. The Balaban J connectivity index is 3.09. The number of carbonyl (C=O) groups is 1. The van der Waals surface area contributed by atoms with Gasteiger partial charge in [-0.2, -0.15) is 21.6 Å². The number of hydrogen-bond acceptors (Lipinski definition) is 6. The van der Waals surface area contributed by atoms with Crippen molar-refractivity contribution < 1.29 is 40.0 Å². The maximum absolute atomic E-state index is 12.4. The smallest absolute Gasteiger partial charge is 0.493 e. The molecule has 0 fully saturated rings. The van der Waals surface area contributed by atoms with Crippen LogP contribution in [0.5, 0.6) is 11.5 Å². The molecule has 0 aliphatic carbocycles. The van der Waals surface area contributed by atoms with E-state index in [1.807, 2.05) is 6.92 Å². The maximum atomic E-state index is 12.4. The molecular weight excluding hydrogens is 341 g/mol. The van der Waals surface area contributed by atoms with Gasteiger partial charge in [-0.1, -0.05) is 6.92 Å². The number of carbonyl (C=O) groups excluding carboxylic acids is 1. The van der Waals surface area contributed by atoms with Crippen LogP contribution in [0.4, 0.5) is 13.2 Å². The first-order valence-electron chi connectivity index (χ1n) is 6.46. The highest BCUT2D eigenvalue weighted by atomic mass is 32.2. The van der Waals surface area contributed by atoms with Gasteiger partial charge in [0.15, 0.2) is 0 Å². The third kappa shape index (κ3) is 5.97. The molecule has 0 atom stereocenters. The first-order valence-corrected chi connectivity index (χ1v) is 7.87. The van der Waals surface area contributed by atoms with Crippen LogP contribution in [0.1, 0.15) is 25.8 Å². The Morgan fingerprint density at radius 3 is 2.30 bits per heavy atom. The molecule has 10 heteroatoms. The van der Waals surface area contributed by atoms with Crippen LogP contribution >= 0.6 is 0 Å². The summed E-state index contributed by atoms with van der Waals surface area (Å²) in [5.74, 6) is -1.09. The minimum absolute atomic E-state index is 0.101. The molecule has 0 aromatic heterocycles. The number of rotatable bonds is 7. The minimum Gasteiger partial charge on any atom is -0.493 e. The van der Waals surface area contributed by atoms with Crippen LogP contribution in [0.15, 0.2) is 18.2 Å². The summed E-state index contributed by atoms with van der Waals surface area (Å²) < 4.78 is 73.2. The van der Waals surface area contributed by atoms with Crippen LogP contribution in [0.25, 0.3) is 0 Å². The summed E-state index contributed by atoms with van der Waals surface area (Å²) in [6.07, 6.45) is 0.630. The van der Waals surface area contributed by atoms with E-state index in [0.717, 1.165) is 19.1 Å². The van der Waals surface area contributed by atoms with Crippen molar-refractivity contribution in [1.29, 1.82) is 0 Å². The molecule has 0 saturated heterocycles. The molecule has 0 heterocycles. The fraction of sp³-hybridized carbons (Fsp3) is 0.462. The van der Waals surface area contributed by atoms with Crippen molar-refractivity contribution in [2.45, 2.75) is 32.4 Å². The zero-order chi connectivity index (χ0) is 17.7. The third-order valence-corrected chi connectivity index (χ3v) is 3.32. The van der Waals surface area contributed by atoms with Crippen molar-refractivity contribution in [2.24, 2.45) is 0 Å². The molecule has 1 rings (SSSR count). The molecule has 0 N–H and O–H groups in total. The van der Waals surface area contributed by atoms with Gasteiger partial charge in [-0.15, -0.1) is 0 Å². The van der Waals surface area contributed by atoms with Gasteiger partial charge in [0.1, 0.15) is 18.1 Å². The van der Waals surface area contributed by atoms with Gasteiger partial charge >= 0.3 is 21.6 Å². The molecule has 0 aliphatic rings. The maximum Gasteiger partial charge on any atom is 0.534 e. The SMILES string of the molecule is CCCOc1cc(COC(C)=O)cc(OS(=O)(=O)C(F)(F)F)c1. The topological polar surface area (TPSA) is 78.9 Å². The Morgan fingerprint density at radius 2 is 1.78 bits per heavy atom. The average Bonchev–Trinajstić information content (AvgIpc) is 2.41.